The molecule has 0 spiro atoms. The summed E-state index contributed by atoms with van der Waals surface area (Å²) in [5, 5.41) is 1.52. The Morgan fingerprint density at radius 1 is 1.26 bits per heavy atom. The van der Waals surface area contributed by atoms with Gasteiger partial charge in [0.2, 0.25) is 0 Å². The van der Waals surface area contributed by atoms with Crippen molar-refractivity contribution < 1.29 is 0 Å². The van der Waals surface area contributed by atoms with E-state index in [9.17, 15) is 0 Å². The lowest BCUT2D eigenvalue weighted by atomic mass is 9.91. The molecule has 1 aromatic rings. The summed E-state index contributed by atoms with van der Waals surface area (Å²) in [4.78, 5) is 4.43. The van der Waals surface area contributed by atoms with Crippen LogP contribution in [-0.2, 0) is 0 Å². The van der Waals surface area contributed by atoms with Gasteiger partial charge in [-0.1, -0.05) is 62.3 Å². The van der Waals surface area contributed by atoms with E-state index in [4.69, 9.17) is 17.3 Å². The molecule has 0 aliphatic carbocycles. The topological polar surface area (TPSA) is 38.4 Å². The fourth-order valence-electron chi connectivity index (χ4n) is 1.77. The van der Waals surface area contributed by atoms with E-state index >= 15 is 0 Å². The lowest BCUT2D eigenvalue weighted by molar-refractivity contribution is 0.496. The maximum atomic E-state index is 6.24. The minimum atomic E-state index is -0.00882. The zero-order chi connectivity index (χ0) is 13.3. The first-order valence-corrected chi connectivity index (χ1v) is 7.11. The Morgan fingerprint density at radius 3 is 2.47 bits per heavy atom. The second-order valence-corrected chi connectivity index (χ2v) is 6.88. The van der Waals surface area contributed by atoms with Gasteiger partial charge in [0, 0.05) is 16.1 Å². The van der Waals surface area contributed by atoms with Gasteiger partial charge in [-0.2, -0.15) is 0 Å². The van der Waals surface area contributed by atoms with Gasteiger partial charge in [0.1, 0.15) is 0 Å². The molecule has 0 radical (unpaired) electrons. The van der Waals surface area contributed by atoms with Crippen molar-refractivity contribution in [3.8, 4) is 0 Å². The maximum absolute atomic E-state index is 6.24. The Hall–Kier alpha value is -0.640. The molecule has 2 N–H and O–H groups in total. The Labute approximate surface area is 129 Å². The van der Waals surface area contributed by atoms with Gasteiger partial charge in [0.05, 0.1) is 5.25 Å². The number of nitrogens with two attached hydrogens (primary N) is 1. The number of rotatable bonds is 1. The average molecular weight is 317 g/mol. The number of nitrogens with zero attached hydrogens (tertiary/aromatic N) is 1. The third-order valence-electron chi connectivity index (χ3n) is 2.77. The monoisotopic (exact) mass is 316 g/mol. The highest BCUT2D eigenvalue weighted by molar-refractivity contribution is 8.14. The van der Waals surface area contributed by atoms with Crippen molar-refractivity contribution >= 4 is 40.9 Å². The van der Waals surface area contributed by atoms with Gasteiger partial charge in [-0.05, 0) is 17.7 Å². The molecule has 0 fully saturated rings. The van der Waals surface area contributed by atoms with Crippen molar-refractivity contribution in [2.45, 2.75) is 26.0 Å². The van der Waals surface area contributed by atoms with Crippen LogP contribution in [0, 0.1) is 5.41 Å². The summed E-state index contributed by atoms with van der Waals surface area (Å²) in [5.74, 6) is 0. The van der Waals surface area contributed by atoms with Gasteiger partial charge in [0.25, 0.3) is 0 Å². The van der Waals surface area contributed by atoms with Crippen LogP contribution in [0.1, 0.15) is 31.6 Å². The number of benzene rings is 1. The Balaban J connectivity index is 0.00000180. The Kier molecular flexibility index (Phi) is 5.36. The maximum Gasteiger partial charge on any atom is 0.159 e. The second-order valence-electron chi connectivity index (χ2n) is 5.31. The Morgan fingerprint density at radius 2 is 1.89 bits per heavy atom. The molecular weight excluding hydrogens is 299 g/mol. The highest BCUT2D eigenvalue weighted by Gasteiger charge is 2.25. The molecule has 0 amide bonds. The zero-order valence-electron chi connectivity index (χ0n) is 11.2. The zero-order valence-corrected chi connectivity index (χ0v) is 13.6. The highest BCUT2D eigenvalue weighted by atomic mass is 35.5. The van der Waals surface area contributed by atoms with Crippen LogP contribution >= 0.6 is 35.8 Å². The minimum absolute atomic E-state index is 0. The standard InChI is InChI=1S/C14H17ClN2S.ClH/c1-14(2,3)12-8-11(18-13(16)17-12)9-6-4-5-7-10(9)15;/h4-8,11H,1-3H3,(H2,16,17);1H. The van der Waals surface area contributed by atoms with Crippen LogP contribution in [0.5, 0.6) is 0 Å². The van der Waals surface area contributed by atoms with E-state index in [0.717, 1.165) is 16.3 Å². The molecule has 1 aromatic carbocycles. The molecule has 1 unspecified atom stereocenters. The summed E-state index contributed by atoms with van der Waals surface area (Å²) in [6.07, 6.45) is 2.15. The molecule has 1 aliphatic heterocycles. The fourth-order valence-corrected chi connectivity index (χ4v) is 3.03. The van der Waals surface area contributed by atoms with Crippen molar-refractivity contribution in [2.75, 3.05) is 0 Å². The molecule has 2 nitrogen and oxygen atoms in total. The van der Waals surface area contributed by atoms with E-state index in [1.807, 2.05) is 24.3 Å². The molecule has 0 aromatic heterocycles. The van der Waals surface area contributed by atoms with Crippen LogP contribution in [0.3, 0.4) is 0 Å². The quantitative estimate of drug-likeness (QED) is 0.808. The first-order chi connectivity index (χ1) is 8.38. The average Bonchev–Trinajstić information content (AvgIpc) is 2.27. The van der Waals surface area contributed by atoms with Crippen molar-refractivity contribution in [3.05, 3.63) is 46.6 Å². The van der Waals surface area contributed by atoms with Gasteiger partial charge < -0.3 is 5.73 Å². The molecule has 104 valence electrons. The van der Waals surface area contributed by atoms with Crippen LogP contribution in [-0.4, -0.2) is 5.17 Å². The molecule has 0 saturated carbocycles. The van der Waals surface area contributed by atoms with Crippen molar-refractivity contribution in [1.82, 2.24) is 0 Å². The number of halogens is 2. The largest absolute Gasteiger partial charge is 0.378 e. The van der Waals surface area contributed by atoms with Crippen LogP contribution in [0.15, 0.2) is 41.0 Å². The lowest BCUT2D eigenvalue weighted by Crippen LogP contribution is -2.19. The number of aliphatic imine (C=N–C) groups is 1. The van der Waals surface area contributed by atoms with Crippen molar-refractivity contribution in [3.63, 3.8) is 0 Å². The van der Waals surface area contributed by atoms with Gasteiger partial charge in [0.15, 0.2) is 5.17 Å². The van der Waals surface area contributed by atoms with E-state index in [2.05, 4.69) is 31.8 Å². The molecule has 1 aliphatic rings. The highest BCUT2D eigenvalue weighted by Crippen LogP contribution is 2.41. The number of hydrogen-bond acceptors (Lipinski definition) is 3. The molecule has 5 heteroatoms. The summed E-state index contributed by atoms with van der Waals surface area (Å²) >= 11 is 7.78. The number of allylic oxidation sites excluding steroid dienone is 1. The molecule has 0 saturated heterocycles. The number of amidine groups is 1. The number of hydrogen-bond donors (Lipinski definition) is 1. The van der Waals surface area contributed by atoms with E-state index in [1.54, 1.807) is 11.8 Å². The summed E-state index contributed by atoms with van der Waals surface area (Å²) in [6, 6.07) is 7.87. The SMILES string of the molecule is CC(C)(C)C1=CC(c2ccccc2Cl)SC(N)=N1.Cl. The lowest BCUT2D eigenvalue weighted by Gasteiger charge is -2.26. The van der Waals surface area contributed by atoms with Gasteiger partial charge >= 0.3 is 0 Å². The predicted octanol–water partition coefficient (Wildman–Crippen LogP) is 4.79. The fraction of sp³-hybridized carbons (Fsp3) is 0.357. The smallest absolute Gasteiger partial charge is 0.159 e. The predicted molar refractivity (Wildman–Crippen MR) is 88.2 cm³/mol. The first-order valence-electron chi connectivity index (χ1n) is 5.85. The molecule has 1 atom stereocenters. The third kappa shape index (κ3) is 3.91. The van der Waals surface area contributed by atoms with Crippen molar-refractivity contribution in [1.29, 1.82) is 0 Å². The molecule has 2 rings (SSSR count). The van der Waals surface area contributed by atoms with E-state index in [-0.39, 0.29) is 23.1 Å². The van der Waals surface area contributed by atoms with Gasteiger partial charge in [-0.15, -0.1) is 12.4 Å². The van der Waals surface area contributed by atoms with Gasteiger partial charge in [-0.3, -0.25) is 0 Å². The Bertz CT molecular complexity index is 518. The van der Waals surface area contributed by atoms with E-state index < -0.39 is 0 Å². The van der Waals surface area contributed by atoms with Crippen LogP contribution in [0.25, 0.3) is 0 Å². The van der Waals surface area contributed by atoms with E-state index in [1.165, 1.54) is 0 Å². The van der Waals surface area contributed by atoms with Crippen molar-refractivity contribution in [2.24, 2.45) is 16.1 Å². The van der Waals surface area contributed by atoms with Crippen LogP contribution in [0.4, 0.5) is 0 Å². The van der Waals surface area contributed by atoms with E-state index in [0.29, 0.717) is 5.17 Å². The molecule has 1 heterocycles. The third-order valence-corrected chi connectivity index (χ3v) is 4.09. The first kappa shape index (κ1) is 16.4. The summed E-state index contributed by atoms with van der Waals surface area (Å²) in [5.41, 5.74) is 8.02. The molecular formula is C14H18Cl2N2S. The normalized spacial score (nSPS) is 19.3. The summed E-state index contributed by atoms with van der Waals surface area (Å²) < 4.78 is 0. The second kappa shape index (κ2) is 6.21. The molecule has 19 heavy (non-hydrogen) atoms. The number of thioether (sulfide) groups is 1. The summed E-state index contributed by atoms with van der Waals surface area (Å²) in [6.45, 7) is 6.40. The van der Waals surface area contributed by atoms with Crippen LogP contribution in [0.2, 0.25) is 5.02 Å². The van der Waals surface area contributed by atoms with Gasteiger partial charge in [-0.25, -0.2) is 4.99 Å². The molecule has 0 bridgehead atoms. The van der Waals surface area contributed by atoms with Crippen LogP contribution < -0.4 is 5.73 Å². The summed E-state index contributed by atoms with van der Waals surface area (Å²) in [7, 11) is 0. The minimum Gasteiger partial charge on any atom is -0.378 e.